The van der Waals surface area contributed by atoms with Crippen molar-refractivity contribution in [3.63, 3.8) is 0 Å². The molecule has 1 amide bonds. The average Bonchev–Trinajstić information content (AvgIpc) is 3.15. The van der Waals surface area contributed by atoms with E-state index in [-0.39, 0.29) is 5.91 Å². The Bertz CT molecular complexity index is 600. The molecule has 0 saturated carbocycles. The first-order chi connectivity index (χ1) is 10.7. The molecule has 0 saturated heterocycles. The lowest BCUT2D eigenvalue weighted by Gasteiger charge is -2.21. The Labute approximate surface area is 134 Å². The van der Waals surface area contributed by atoms with E-state index in [1.165, 1.54) is 11.3 Å². The molecule has 0 unspecified atom stereocenters. The number of nitrogens with zero attached hydrogens (tertiary/aromatic N) is 4. The predicted molar refractivity (Wildman–Crippen MR) is 87.0 cm³/mol. The van der Waals surface area contributed by atoms with Crippen molar-refractivity contribution in [2.75, 3.05) is 26.8 Å². The Balaban J connectivity index is 2.11. The molecule has 0 N–H and O–H groups in total. The van der Waals surface area contributed by atoms with Crippen LogP contribution in [0.2, 0.25) is 0 Å². The Morgan fingerprint density at radius 3 is 2.91 bits per heavy atom. The van der Waals surface area contributed by atoms with E-state index in [4.69, 9.17) is 4.74 Å². The van der Waals surface area contributed by atoms with E-state index in [9.17, 15) is 4.79 Å². The number of hydrogen-bond acceptors (Lipinski definition) is 5. The maximum atomic E-state index is 12.6. The van der Waals surface area contributed by atoms with Gasteiger partial charge in [-0.05, 0) is 6.42 Å². The van der Waals surface area contributed by atoms with Gasteiger partial charge < -0.3 is 9.64 Å². The standard InChI is InChI=1S/C15H22N4O2S/c1-4-5-6-19(7-8-21-3)15(20)13-11-22-14(17-13)12-9-16-18(2)10-12/h9-11H,4-8H2,1-3H3. The Hall–Kier alpha value is -1.73. The van der Waals surface area contributed by atoms with Crippen LogP contribution in [0.4, 0.5) is 0 Å². The van der Waals surface area contributed by atoms with E-state index in [2.05, 4.69) is 17.0 Å². The van der Waals surface area contributed by atoms with Gasteiger partial charge in [0.2, 0.25) is 0 Å². The first-order valence-electron chi connectivity index (χ1n) is 7.38. The first-order valence-corrected chi connectivity index (χ1v) is 8.26. The zero-order chi connectivity index (χ0) is 15.9. The number of unbranched alkanes of at least 4 members (excludes halogenated alkanes) is 1. The lowest BCUT2D eigenvalue weighted by molar-refractivity contribution is 0.0688. The van der Waals surface area contributed by atoms with Crippen LogP contribution in [0, 0.1) is 0 Å². The van der Waals surface area contributed by atoms with Gasteiger partial charge in [0.1, 0.15) is 10.7 Å². The zero-order valence-electron chi connectivity index (χ0n) is 13.3. The molecular formula is C15H22N4O2S. The molecule has 0 aromatic carbocycles. The van der Waals surface area contributed by atoms with Crippen molar-refractivity contribution in [1.82, 2.24) is 19.7 Å². The second kappa shape index (κ2) is 8.05. The number of thiazole rings is 1. The monoisotopic (exact) mass is 322 g/mol. The molecule has 0 aliphatic heterocycles. The molecule has 0 atom stereocenters. The minimum Gasteiger partial charge on any atom is -0.383 e. The maximum absolute atomic E-state index is 12.6. The summed E-state index contributed by atoms with van der Waals surface area (Å²) in [4.78, 5) is 18.9. The van der Waals surface area contributed by atoms with Gasteiger partial charge in [-0.25, -0.2) is 4.98 Å². The summed E-state index contributed by atoms with van der Waals surface area (Å²) in [6, 6.07) is 0. The Morgan fingerprint density at radius 1 is 1.45 bits per heavy atom. The highest BCUT2D eigenvalue weighted by Crippen LogP contribution is 2.23. The third kappa shape index (κ3) is 4.14. The molecule has 0 radical (unpaired) electrons. The zero-order valence-corrected chi connectivity index (χ0v) is 14.1. The molecule has 2 rings (SSSR count). The van der Waals surface area contributed by atoms with Crippen molar-refractivity contribution in [1.29, 1.82) is 0 Å². The van der Waals surface area contributed by atoms with E-state index in [0.29, 0.717) is 18.8 Å². The second-order valence-electron chi connectivity index (χ2n) is 5.08. The number of aromatic nitrogens is 3. The highest BCUT2D eigenvalue weighted by molar-refractivity contribution is 7.13. The summed E-state index contributed by atoms with van der Waals surface area (Å²) in [6.07, 6.45) is 5.68. The number of aryl methyl sites for hydroxylation is 1. The minimum absolute atomic E-state index is 0.0307. The molecule has 0 aliphatic rings. The van der Waals surface area contributed by atoms with Crippen LogP contribution >= 0.6 is 11.3 Å². The van der Waals surface area contributed by atoms with Crippen molar-refractivity contribution in [3.8, 4) is 10.6 Å². The number of hydrogen-bond donors (Lipinski definition) is 0. The van der Waals surface area contributed by atoms with Crippen molar-refractivity contribution < 1.29 is 9.53 Å². The van der Waals surface area contributed by atoms with Gasteiger partial charge in [-0.1, -0.05) is 13.3 Å². The summed E-state index contributed by atoms with van der Waals surface area (Å²) in [5, 5.41) is 6.77. The molecule has 22 heavy (non-hydrogen) atoms. The normalized spacial score (nSPS) is 10.9. The third-order valence-electron chi connectivity index (χ3n) is 3.31. The van der Waals surface area contributed by atoms with E-state index < -0.39 is 0 Å². The number of carbonyl (C=O) groups excluding carboxylic acids is 1. The van der Waals surface area contributed by atoms with Gasteiger partial charge in [0.05, 0.1) is 12.8 Å². The topological polar surface area (TPSA) is 60.2 Å². The molecule has 2 heterocycles. The molecule has 6 nitrogen and oxygen atoms in total. The van der Waals surface area contributed by atoms with Crippen LogP contribution in [0.25, 0.3) is 10.6 Å². The molecule has 7 heteroatoms. The third-order valence-corrected chi connectivity index (χ3v) is 4.20. The van der Waals surface area contributed by atoms with Gasteiger partial charge in [0.15, 0.2) is 0 Å². The highest BCUT2D eigenvalue weighted by Gasteiger charge is 2.19. The van der Waals surface area contributed by atoms with Crippen molar-refractivity contribution in [3.05, 3.63) is 23.5 Å². The fourth-order valence-electron chi connectivity index (χ4n) is 2.06. The Kier molecular flexibility index (Phi) is 6.09. The summed E-state index contributed by atoms with van der Waals surface area (Å²) in [5.74, 6) is -0.0307. The molecule has 0 spiro atoms. The predicted octanol–water partition coefficient (Wildman–Crippen LogP) is 2.43. The van der Waals surface area contributed by atoms with Crippen molar-refractivity contribution in [2.45, 2.75) is 19.8 Å². The maximum Gasteiger partial charge on any atom is 0.273 e. The lowest BCUT2D eigenvalue weighted by Crippen LogP contribution is -2.35. The Morgan fingerprint density at radius 2 is 2.27 bits per heavy atom. The van der Waals surface area contributed by atoms with Crippen LogP contribution in [0.3, 0.4) is 0 Å². The number of ether oxygens (including phenoxy) is 1. The number of methoxy groups -OCH3 is 1. The van der Waals surface area contributed by atoms with Gasteiger partial charge in [0, 0.05) is 44.4 Å². The van der Waals surface area contributed by atoms with Gasteiger partial charge in [-0.15, -0.1) is 11.3 Å². The molecule has 2 aromatic rings. The fraction of sp³-hybridized carbons (Fsp3) is 0.533. The van der Waals surface area contributed by atoms with Gasteiger partial charge in [-0.3, -0.25) is 9.48 Å². The molecule has 0 fully saturated rings. The number of amides is 1. The number of carbonyl (C=O) groups is 1. The largest absolute Gasteiger partial charge is 0.383 e. The smallest absolute Gasteiger partial charge is 0.273 e. The summed E-state index contributed by atoms with van der Waals surface area (Å²) in [5.41, 5.74) is 1.43. The quantitative estimate of drug-likeness (QED) is 0.749. The van der Waals surface area contributed by atoms with Crippen molar-refractivity contribution in [2.24, 2.45) is 7.05 Å². The summed E-state index contributed by atoms with van der Waals surface area (Å²) in [7, 11) is 3.51. The molecular weight excluding hydrogens is 300 g/mol. The van der Waals surface area contributed by atoms with Crippen LogP contribution in [-0.2, 0) is 11.8 Å². The molecule has 0 aliphatic carbocycles. The van der Waals surface area contributed by atoms with Gasteiger partial charge in [0.25, 0.3) is 5.91 Å². The SMILES string of the molecule is CCCCN(CCOC)C(=O)c1csc(-c2cnn(C)c2)n1. The van der Waals surface area contributed by atoms with Crippen LogP contribution in [0.5, 0.6) is 0 Å². The fourth-order valence-corrected chi connectivity index (χ4v) is 2.83. The van der Waals surface area contributed by atoms with E-state index in [0.717, 1.165) is 30.0 Å². The van der Waals surface area contributed by atoms with Crippen molar-refractivity contribution >= 4 is 17.2 Å². The van der Waals surface area contributed by atoms with Crippen LogP contribution < -0.4 is 0 Å². The molecule has 0 bridgehead atoms. The van der Waals surface area contributed by atoms with Crippen LogP contribution in [-0.4, -0.2) is 52.4 Å². The molecule has 120 valence electrons. The first kappa shape index (κ1) is 16.6. The summed E-state index contributed by atoms with van der Waals surface area (Å²) < 4.78 is 6.82. The van der Waals surface area contributed by atoms with Gasteiger partial charge >= 0.3 is 0 Å². The minimum atomic E-state index is -0.0307. The lowest BCUT2D eigenvalue weighted by atomic mass is 10.3. The average molecular weight is 322 g/mol. The van der Waals surface area contributed by atoms with Gasteiger partial charge in [-0.2, -0.15) is 5.10 Å². The van der Waals surface area contributed by atoms with Crippen LogP contribution in [0.15, 0.2) is 17.8 Å². The van der Waals surface area contributed by atoms with E-state index in [1.54, 1.807) is 18.0 Å². The highest BCUT2D eigenvalue weighted by atomic mass is 32.1. The van der Waals surface area contributed by atoms with E-state index >= 15 is 0 Å². The van der Waals surface area contributed by atoms with E-state index in [1.807, 2.05) is 23.5 Å². The second-order valence-corrected chi connectivity index (χ2v) is 5.94. The summed E-state index contributed by atoms with van der Waals surface area (Å²) >= 11 is 1.47. The van der Waals surface area contributed by atoms with Crippen LogP contribution in [0.1, 0.15) is 30.3 Å². The number of rotatable bonds is 8. The molecule has 2 aromatic heterocycles. The summed E-state index contributed by atoms with van der Waals surface area (Å²) in [6.45, 7) is 3.98.